The van der Waals surface area contributed by atoms with Gasteiger partial charge in [0.2, 0.25) is 5.28 Å². The van der Waals surface area contributed by atoms with Crippen LogP contribution in [0.25, 0.3) is 16.9 Å². The van der Waals surface area contributed by atoms with Crippen molar-refractivity contribution in [3.05, 3.63) is 71.1 Å². The van der Waals surface area contributed by atoms with Crippen molar-refractivity contribution in [2.24, 2.45) is 5.28 Å². The van der Waals surface area contributed by atoms with Crippen molar-refractivity contribution in [2.45, 2.75) is 51.5 Å². The highest BCUT2D eigenvalue weighted by Crippen LogP contribution is 2.33. The number of sulfonamides is 1. The summed E-state index contributed by atoms with van der Waals surface area (Å²) in [5.74, 6) is -0.558. The van der Waals surface area contributed by atoms with Gasteiger partial charge in [0.05, 0.1) is 27.8 Å². The van der Waals surface area contributed by atoms with Crippen LogP contribution in [0.1, 0.15) is 38.4 Å². The summed E-state index contributed by atoms with van der Waals surface area (Å²) in [6, 6.07) is 12.3. The molecule has 0 aliphatic carbocycles. The zero-order valence-electron chi connectivity index (χ0n) is 24.6. The maximum absolute atomic E-state index is 13.5. The first-order valence-corrected chi connectivity index (χ1v) is 15.0. The van der Waals surface area contributed by atoms with Crippen molar-refractivity contribution in [1.29, 1.82) is 0 Å². The van der Waals surface area contributed by atoms with E-state index in [1.54, 1.807) is 42.8 Å². The van der Waals surface area contributed by atoms with Crippen LogP contribution >= 0.6 is 0 Å². The fourth-order valence-corrected chi connectivity index (χ4v) is 4.56. The van der Waals surface area contributed by atoms with E-state index in [0.717, 1.165) is 33.5 Å². The summed E-state index contributed by atoms with van der Waals surface area (Å²) in [7, 11) is -4.45. The highest BCUT2D eigenvalue weighted by atomic mass is 32.2. The number of esters is 1. The quantitative estimate of drug-likeness (QED) is 0.0894. The van der Waals surface area contributed by atoms with Crippen LogP contribution in [0.4, 0.5) is 18.0 Å². The lowest BCUT2D eigenvalue weighted by atomic mass is 10.1. The number of hydrogen-bond donors (Lipinski definition) is 1. The number of hydrazine groups is 1. The molecule has 3 rings (SSSR count). The molecule has 2 aromatic carbocycles. The Morgan fingerprint density at radius 1 is 1.13 bits per heavy atom. The fourth-order valence-electron chi connectivity index (χ4n) is 3.67. The molecule has 1 heterocycles. The normalized spacial score (nSPS) is 12.7. The monoisotopic (exact) mass is 656 g/mol. The van der Waals surface area contributed by atoms with Crippen LogP contribution in [-0.2, 0) is 35.3 Å². The van der Waals surface area contributed by atoms with Crippen LogP contribution in [0.5, 0.6) is 0 Å². The van der Waals surface area contributed by atoms with E-state index in [4.69, 9.17) is 14.3 Å². The summed E-state index contributed by atoms with van der Waals surface area (Å²) in [5.41, 5.74) is 0.497. The maximum atomic E-state index is 13.5. The average Bonchev–Trinajstić information content (AvgIpc) is 3.45. The van der Waals surface area contributed by atoms with Crippen LogP contribution < -0.4 is 4.72 Å². The van der Waals surface area contributed by atoms with Crippen molar-refractivity contribution in [1.82, 2.24) is 19.5 Å². The van der Waals surface area contributed by atoms with Crippen LogP contribution in [0.3, 0.4) is 0 Å². The van der Waals surface area contributed by atoms with Gasteiger partial charge in [-0.15, -0.1) is 5.01 Å². The number of nitrogens with zero attached hydrogens (tertiary/aromatic N) is 5. The van der Waals surface area contributed by atoms with E-state index in [-0.39, 0.29) is 40.8 Å². The van der Waals surface area contributed by atoms with Gasteiger partial charge in [-0.2, -0.15) is 18.3 Å². The van der Waals surface area contributed by atoms with E-state index in [9.17, 15) is 36.4 Å². The fraction of sp³-hybridized carbons (Fsp3) is 0.370. The number of likely N-dealkylation sites (N-methyl/N-ethyl adjacent to an activating group) is 1. The minimum Gasteiger partial charge on any atom is -0.569 e. The zero-order valence-corrected chi connectivity index (χ0v) is 25.5. The number of aryl methyl sites for hydroxylation is 1. The molecule has 0 radical (unpaired) electrons. The first kappa shape index (κ1) is 34.6. The number of amides is 1. The third-order valence-corrected chi connectivity index (χ3v) is 7.33. The van der Waals surface area contributed by atoms with Crippen LogP contribution in [0.2, 0.25) is 0 Å². The van der Waals surface area contributed by atoms with E-state index in [1.165, 1.54) is 19.1 Å². The third kappa shape index (κ3) is 9.56. The molecule has 1 atom stereocenters. The van der Waals surface area contributed by atoms with Crippen molar-refractivity contribution in [2.75, 3.05) is 19.7 Å². The van der Waals surface area contributed by atoms with Gasteiger partial charge >= 0.3 is 18.2 Å². The molecule has 0 fully saturated rings. The second-order valence-electron chi connectivity index (χ2n) is 9.32. The molecular formula is C27H31F3N6O8S. The van der Waals surface area contributed by atoms with Gasteiger partial charge in [0.15, 0.2) is 5.69 Å². The minimum atomic E-state index is -4.72. The smallest absolute Gasteiger partial charge is 0.435 e. The van der Waals surface area contributed by atoms with E-state index in [0.29, 0.717) is 5.56 Å². The number of nitrogens with one attached hydrogen (secondary N) is 1. The van der Waals surface area contributed by atoms with E-state index < -0.39 is 46.9 Å². The number of halogens is 3. The number of ether oxygens (including phenoxy) is 2. The van der Waals surface area contributed by atoms with Gasteiger partial charge in [-0.05, 0) is 44.2 Å². The molecule has 3 aromatic rings. The average molecular weight is 657 g/mol. The summed E-state index contributed by atoms with van der Waals surface area (Å²) in [6.45, 7) is 5.82. The Bertz CT molecular complexity index is 1610. The Hall–Kier alpha value is -4.87. The summed E-state index contributed by atoms with van der Waals surface area (Å²) < 4.78 is 78.3. The van der Waals surface area contributed by atoms with Gasteiger partial charge in [0.1, 0.15) is 13.2 Å². The molecule has 45 heavy (non-hydrogen) atoms. The molecule has 1 aromatic heterocycles. The van der Waals surface area contributed by atoms with Gasteiger partial charge in [-0.1, -0.05) is 36.8 Å². The predicted molar refractivity (Wildman–Crippen MR) is 151 cm³/mol. The molecule has 1 amide bonds. The number of hydrogen-bond acceptors (Lipinski definition) is 10. The Labute approximate surface area is 256 Å². The first-order chi connectivity index (χ1) is 21.1. The highest BCUT2D eigenvalue weighted by Gasteiger charge is 2.35. The molecular weight excluding hydrogens is 625 g/mol. The molecule has 14 nitrogen and oxygen atoms in total. The summed E-state index contributed by atoms with van der Waals surface area (Å²) in [4.78, 5) is 27.9. The van der Waals surface area contributed by atoms with Crippen molar-refractivity contribution < 1.29 is 50.5 Å². The van der Waals surface area contributed by atoms with E-state index >= 15 is 0 Å². The molecule has 1 N–H and O–H groups in total. The third-order valence-electron chi connectivity index (χ3n) is 6.00. The molecule has 18 heteroatoms. The van der Waals surface area contributed by atoms with Gasteiger partial charge in [-0.25, -0.2) is 22.6 Å². The molecule has 0 bridgehead atoms. The van der Waals surface area contributed by atoms with Gasteiger partial charge in [0.25, 0.3) is 16.3 Å². The number of alkyl halides is 3. The Morgan fingerprint density at radius 2 is 1.78 bits per heavy atom. The lowest BCUT2D eigenvalue weighted by Crippen LogP contribution is -2.37. The van der Waals surface area contributed by atoms with Crippen LogP contribution in [-0.4, -0.2) is 66.2 Å². The molecule has 0 spiro atoms. The number of carbonyl (C=O) groups excluding carboxylic acids is 2. The second-order valence-corrected chi connectivity index (χ2v) is 11.0. The molecule has 0 saturated carbocycles. The van der Waals surface area contributed by atoms with Gasteiger partial charge in [0, 0.05) is 18.9 Å². The Balaban J connectivity index is 1.65. The number of benzene rings is 2. The Kier molecular flexibility index (Phi) is 11.3. The minimum absolute atomic E-state index is 0.0529. The standard InChI is InChI=1S/C27H31F3N6O8S/c1-5-25(37)43-19(4)44-33-36(39)34(6-2)15-16-42-26(38)32-45(40,41)22-13-11-21(12-14-22)35-23(17-24(31-35)27(28,29)30)20-9-7-18(3)8-10-20/h7-14,17,19H,5-6,15-16H2,1-4H3,(H,32,38). The molecule has 1 unspecified atom stereocenters. The zero-order chi connectivity index (χ0) is 33.4. The molecule has 0 aliphatic heterocycles. The highest BCUT2D eigenvalue weighted by molar-refractivity contribution is 7.90. The van der Waals surface area contributed by atoms with E-state index in [1.807, 2.05) is 6.92 Å². The van der Waals surface area contributed by atoms with Crippen molar-refractivity contribution >= 4 is 22.1 Å². The maximum Gasteiger partial charge on any atom is 0.435 e. The van der Waals surface area contributed by atoms with Crippen LogP contribution in [0.15, 0.2) is 64.8 Å². The Morgan fingerprint density at radius 3 is 2.36 bits per heavy atom. The second kappa shape index (κ2) is 14.7. The topological polar surface area (TPSA) is 167 Å². The van der Waals surface area contributed by atoms with Gasteiger partial charge < -0.3 is 14.7 Å². The van der Waals surface area contributed by atoms with Crippen molar-refractivity contribution in [3.63, 3.8) is 0 Å². The first-order valence-electron chi connectivity index (χ1n) is 13.5. The number of rotatable bonds is 13. The van der Waals surface area contributed by atoms with Crippen molar-refractivity contribution in [3.8, 4) is 16.9 Å². The molecule has 0 saturated heterocycles. The number of aromatic nitrogens is 2. The van der Waals surface area contributed by atoms with E-state index in [2.05, 4.69) is 10.4 Å². The summed E-state index contributed by atoms with van der Waals surface area (Å²) in [6.07, 6.45) is -7.08. The summed E-state index contributed by atoms with van der Waals surface area (Å²) in [5, 5.41) is 20.1. The molecule has 244 valence electrons. The largest absolute Gasteiger partial charge is 0.569 e. The summed E-state index contributed by atoms with van der Waals surface area (Å²) >= 11 is 0. The van der Waals surface area contributed by atoms with Gasteiger partial charge in [-0.3, -0.25) is 9.63 Å². The SMILES string of the molecule is CCC(=O)OC(C)ON=[N+]([O-])N(CC)CCOC(=O)NS(=O)(=O)c1ccc(-n2nc(C(F)(F)F)cc2-c2ccc(C)cc2)cc1. The lowest BCUT2D eigenvalue weighted by Gasteiger charge is -2.17. The predicted octanol–water partition coefficient (Wildman–Crippen LogP) is 4.71. The number of carbonyl (C=O) groups is 2. The van der Waals surface area contributed by atoms with Crippen LogP contribution in [0, 0.1) is 12.1 Å². The lowest BCUT2D eigenvalue weighted by molar-refractivity contribution is -0.712. The molecule has 0 aliphatic rings.